The van der Waals surface area contributed by atoms with E-state index in [-0.39, 0.29) is 22.1 Å². The highest BCUT2D eigenvalue weighted by molar-refractivity contribution is 7.92. The monoisotopic (exact) mass is 539 g/mol. The average molecular weight is 540 g/mol. The smallest absolute Gasteiger partial charge is 0.261 e. The molecule has 3 aromatic carbocycles. The fourth-order valence-corrected chi connectivity index (χ4v) is 6.27. The van der Waals surface area contributed by atoms with Crippen molar-refractivity contribution in [3.8, 4) is 0 Å². The maximum Gasteiger partial charge on any atom is 0.261 e. The van der Waals surface area contributed by atoms with Gasteiger partial charge < -0.3 is 10.2 Å². The van der Waals surface area contributed by atoms with Gasteiger partial charge in [0.15, 0.2) is 5.13 Å². The maximum atomic E-state index is 13.2. The van der Waals surface area contributed by atoms with Crippen molar-refractivity contribution in [1.29, 1.82) is 0 Å². The van der Waals surface area contributed by atoms with E-state index in [1.807, 2.05) is 18.2 Å². The van der Waals surface area contributed by atoms with Crippen LogP contribution in [-0.4, -0.2) is 63.5 Å². The number of hydrogen-bond donors (Lipinski definition) is 2. The summed E-state index contributed by atoms with van der Waals surface area (Å²) in [5.74, 6) is -0.901. The molecule has 5 rings (SSSR count). The average Bonchev–Trinajstić information content (AvgIpc) is 3.34. The minimum atomic E-state index is -3.97. The zero-order valence-electron chi connectivity index (χ0n) is 19.9. The first-order valence-corrected chi connectivity index (χ1v) is 14.2. The van der Waals surface area contributed by atoms with E-state index >= 15 is 0 Å². The van der Waals surface area contributed by atoms with Gasteiger partial charge in [0.2, 0.25) is 0 Å². The molecule has 1 saturated heterocycles. The van der Waals surface area contributed by atoms with Crippen LogP contribution in [0.3, 0.4) is 0 Å². The van der Waals surface area contributed by atoms with E-state index in [1.54, 1.807) is 29.5 Å². The molecule has 0 unspecified atom stereocenters. The van der Waals surface area contributed by atoms with Crippen molar-refractivity contribution in [2.45, 2.75) is 4.90 Å². The standard InChI is InChI=1S/C26H26FN5O3S2/c27-19-9-11-20(12-10-19)37(34,35)30-22-6-2-1-5-21(22)25(33)28-13-14-31-15-17-32(18-16-31)26-29-23-7-3-4-8-24(23)36-26/h1-12,30H,13-18H2,(H,28,33). The Kier molecular flexibility index (Phi) is 7.36. The van der Waals surface area contributed by atoms with Gasteiger partial charge in [-0.2, -0.15) is 0 Å². The van der Waals surface area contributed by atoms with Gasteiger partial charge in [-0.15, -0.1) is 0 Å². The Morgan fingerprint density at radius 2 is 1.65 bits per heavy atom. The number of anilines is 2. The molecular formula is C26H26FN5O3S2. The third-order valence-corrected chi connectivity index (χ3v) is 8.66. The minimum absolute atomic E-state index is 0.0888. The Morgan fingerprint density at radius 1 is 0.946 bits per heavy atom. The number of aromatic nitrogens is 1. The van der Waals surface area contributed by atoms with Gasteiger partial charge in [-0.1, -0.05) is 35.6 Å². The number of fused-ring (bicyclic) bond motifs is 1. The molecule has 2 N–H and O–H groups in total. The van der Waals surface area contributed by atoms with Gasteiger partial charge in [0.1, 0.15) is 5.82 Å². The van der Waals surface area contributed by atoms with Gasteiger partial charge in [-0.25, -0.2) is 17.8 Å². The number of benzene rings is 3. The maximum absolute atomic E-state index is 13.2. The SMILES string of the molecule is O=C(NCCN1CCN(c2nc3ccccc3s2)CC1)c1ccccc1NS(=O)(=O)c1ccc(F)cc1. The molecule has 1 fully saturated rings. The Labute approximate surface area is 218 Å². The molecule has 0 aliphatic carbocycles. The third-order valence-electron chi connectivity index (χ3n) is 6.18. The van der Waals surface area contributed by atoms with E-state index in [4.69, 9.17) is 4.98 Å². The number of para-hydroxylation sites is 2. The second-order valence-corrected chi connectivity index (χ2v) is 11.3. The molecule has 192 valence electrons. The molecule has 1 aliphatic heterocycles. The van der Waals surface area contributed by atoms with Crippen LogP contribution in [0.1, 0.15) is 10.4 Å². The molecular weight excluding hydrogens is 513 g/mol. The number of piperazine rings is 1. The predicted molar refractivity (Wildman–Crippen MR) is 144 cm³/mol. The second-order valence-electron chi connectivity index (χ2n) is 8.65. The zero-order valence-corrected chi connectivity index (χ0v) is 21.6. The van der Waals surface area contributed by atoms with Crippen molar-refractivity contribution in [3.05, 3.63) is 84.2 Å². The molecule has 37 heavy (non-hydrogen) atoms. The molecule has 0 spiro atoms. The number of carbonyl (C=O) groups is 1. The number of halogens is 1. The number of nitrogens with zero attached hydrogens (tertiary/aromatic N) is 3. The van der Waals surface area contributed by atoms with Crippen LogP contribution in [0, 0.1) is 5.82 Å². The summed E-state index contributed by atoms with van der Waals surface area (Å²) in [6.07, 6.45) is 0. The zero-order chi connectivity index (χ0) is 25.8. The highest BCUT2D eigenvalue weighted by Crippen LogP contribution is 2.29. The fourth-order valence-electron chi connectivity index (χ4n) is 4.17. The molecule has 8 nitrogen and oxygen atoms in total. The Hall–Kier alpha value is -3.54. The number of thiazole rings is 1. The van der Waals surface area contributed by atoms with Gasteiger partial charge in [0.25, 0.3) is 15.9 Å². The molecule has 4 aromatic rings. The molecule has 0 radical (unpaired) electrons. The topological polar surface area (TPSA) is 94.6 Å². The predicted octanol–water partition coefficient (Wildman–Crippen LogP) is 3.79. The first-order valence-electron chi connectivity index (χ1n) is 11.9. The van der Waals surface area contributed by atoms with Gasteiger partial charge in [-0.05, 0) is 48.5 Å². The minimum Gasteiger partial charge on any atom is -0.351 e. The molecule has 11 heteroatoms. The van der Waals surface area contributed by atoms with Gasteiger partial charge in [0, 0.05) is 39.3 Å². The quantitative estimate of drug-likeness (QED) is 0.354. The van der Waals surface area contributed by atoms with Crippen LogP contribution in [0.25, 0.3) is 10.2 Å². The molecule has 0 saturated carbocycles. The highest BCUT2D eigenvalue weighted by atomic mass is 32.2. The number of hydrogen-bond acceptors (Lipinski definition) is 7. The van der Waals surface area contributed by atoms with Crippen LogP contribution >= 0.6 is 11.3 Å². The third kappa shape index (κ3) is 5.90. The van der Waals surface area contributed by atoms with Crippen LogP contribution in [0.15, 0.2) is 77.7 Å². The number of rotatable bonds is 8. The number of carbonyl (C=O) groups excluding carboxylic acids is 1. The summed E-state index contributed by atoms with van der Waals surface area (Å²) in [6.45, 7) is 4.56. The lowest BCUT2D eigenvalue weighted by Gasteiger charge is -2.34. The summed E-state index contributed by atoms with van der Waals surface area (Å²) in [5.41, 5.74) is 1.40. The van der Waals surface area contributed by atoms with Crippen LogP contribution in [0.4, 0.5) is 15.2 Å². The van der Waals surface area contributed by atoms with E-state index in [9.17, 15) is 17.6 Å². The highest BCUT2D eigenvalue weighted by Gasteiger charge is 2.21. The summed E-state index contributed by atoms with van der Waals surface area (Å²) < 4.78 is 42.2. The van der Waals surface area contributed by atoms with Gasteiger partial charge in [0.05, 0.1) is 26.4 Å². The number of amides is 1. The van der Waals surface area contributed by atoms with E-state index in [0.717, 1.165) is 49.0 Å². The summed E-state index contributed by atoms with van der Waals surface area (Å²) in [4.78, 5) is 22.1. The van der Waals surface area contributed by atoms with Crippen molar-refractivity contribution >= 4 is 48.3 Å². The molecule has 0 atom stereocenters. The molecule has 2 heterocycles. The second kappa shape index (κ2) is 10.8. The Bertz CT molecular complexity index is 1470. The van der Waals surface area contributed by atoms with E-state index in [0.29, 0.717) is 13.1 Å². The Balaban J connectivity index is 1.14. The first kappa shape index (κ1) is 25.1. The number of sulfonamides is 1. The lowest BCUT2D eigenvalue weighted by Crippen LogP contribution is -2.48. The first-order chi connectivity index (χ1) is 17.9. The van der Waals surface area contributed by atoms with Gasteiger partial charge in [-0.3, -0.25) is 14.4 Å². The summed E-state index contributed by atoms with van der Waals surface area (Å²) >= 11 is 1.70. The summed E-state index contributed by atoms with van der Waals surface area (Å²) in [5, 5.41) is 3.93. The van der Waals surface area contributed by atoms with E-state index in [1.165, 1.54) is 22.9 Å². The normalized spacial score (nSPS) is 14.6. The summed E-state index contributed by atoms with van der Waals surface area (Å²) in [6, 6.07) is 19.0. The molecule has 1 amide bonds. The van der Waals surface area contributed by atoms with E-state index < -0.39 is 15.8 Å². The van der Waals surface area contributed by atoms with Crippen LogP contribution in [0.2, 0.25) is 0 Å². The van der Waals surface area contributed by atoms with Crippen molar-refractivity contribution < 1.29 is 17.6 Å². The van der Waals surface area contributed by atoms with Crippen molar-refractivity contribution in [2.75, 3.05) is 48.9 Å². The largest absolute Gasteiger partial charge is 0.351 e. The lowest BCUT2D eigenvalue weighted by molar-refractivity contribution is 0.0948. The van der Waals surface area contributed by atoms with Crippen molar-refractivity contribution in [1.82, 2.24) is 15.2 Å². The fraction of sp³-hybridized carbons (Fsp3) is 0.231. The summed E-state index contributed by atoms with van der Waals surface area (Å²) in [7, 11) is -3.97. The number of nitrogens with one attached hydrogen (secondary N) is 2. The lowest BCUT2D eigenvalue weighted by atomic mass is 10.1. The van der Waals surface area contributed by atoms with Crippen molar-refractivity contribution in [3.63, 3.8) is 0 Å². The van der Waals surface area contributed by atoms with Crippen LogP contribution < -0.4 is 14.9 Å². The molecule has 1 aromatic heterocycles. The Morgan fingerprint density at radius 3 is 2.41 bits per heavy atom. The van der Waals surface area contributed by atoms with Crippen LogP contribution in [-0.2, 0) is 10.0 Å². The van der Waals surface area contributed by atoms with E-state index in [2.05, 4.69) is 25.9 Å². The van der Waals surface area contributed by atoms with Crippen LogP contribution in [0.5, 0.6) is 0 Å². The molecule has 1 aliphatic rings. The molecule has 0 bridgehead atoms. The van der Waals surface area contributed by atoms with Gasteiger partial charge >= 0.3 is 0 Å². The van der Waals surface area contributed by atoms with Crippen molar-refractivity contribution in [2.24, 2.45) is 0 Å².